The fourth-order valence-electron chi connectivity index (χ4n) is 9.06. The predicted molar refractivity (Wildman–Crippen MR) is 237 cm³/mol. The number of nitrogens with zero attached hydrogens (tertiary/aromatic N) is 1. The van der Waals surface area contributed by atoms with E-state index in [1.165, 1.54) is 98.7 Å². The minimum absolute atomic E-state index is 0.128. The molecule has 0 aliphatic heterocycles. The van der Waals surface area contributed by atoms with Gasteiger partial charge in [-0.3, -0.25) is 0 Å². The molecule has 9 aromatic rings. The second-order valence-corrected chi connectivity index (χ2v) is 17.9. The van der Waals surface area contributed by atoms with Gasteiger partial charge in [-0.15, -0.1) is 0 Å². The van der Waals surface area contributed by atoms with Crippen molar-refractivity contribution >= 4 is 60.2 Å². The van der Waals surface area contributed by atoms with Crippen LogP contribution in [0.15, 0.2) is 152 Å². The molecule has 1 heteroatoms. The standard InChI is InChI=1S/C54H43N/c1-53(2,3)40-16-12-32-24-45-49(28-36(32)20-40)47-26-34-14-18-43(22-38(34)30-51(45)47)55(42-10-8-7-9-11-42)44-19-15-35-27-48-50-29-37-21-41(54(4,5)6)17-13-33(37)25-46(50)52(48)31-39(35)23-44/h7-31H,1-6H3. The van der Waals surface area contributed by atoms with Crippen LogP contribution in [0.5, 0.6) is 0 Å². The van der Waals surface area contributed by atoms with Crippen LogP contribution < -0.4 is 4.90 Å². The Morgan fingerprint density at radius 2 is 0.582 bits per heavy atom. The molecule has 0 atom stereocenters. The summed E-state index contributed by atoms with van der Waals surface area (Å²) in [7, 11) is 0. The van der Waals surface area contributed by atoms with E-state index in [1.807, 2.05) is 0 Å². The van der Waals surface area contributed by atoms with Crippen molar-refractivity contribution in [1.29, 1.82) is 0 Å². The number of hydrogen-bond donors (Lipinski definition) is 0. The van der Waals surface area contributed by atoms with Gasteiger partial charge in [0.1, 0.15) is 0 Å². The molecule has 0 fully saturated rings. The van der Waals surface area contributed by atoms with Gasteiger partial charge in [0, 0.05) is 17.1 Å². The highest BCUT2D eigenvalue weighted by atomic mass is 15.1. The Labute approximate surface area is 323 Å². The molecule has 264 valence electrons. The predicted octanol–water partition coefficient (Wildman–Crippen LogP) is 15.7. The Hall–Kier alpha value is -6.18. The van der Waals surface area contributed by atoms with E-state index in [-0.39, 0.29) is 10.8 Å². The molecular formula is C54H43N. The molecule has 55 heavy (non-hydrogen) atoms. The van der Waals surface area contributed by atoms with Crippen LogP contribution in [-0.2, 0) is 10.8 Å². The van der Waals surface area contributed by atoms with E-state index in [1.54, 1.807) is 0 Å². The molecule has 1 nitrogen and oxygen atoms in total. The summed E-state index contributed by atoms with van der Waals surface area (Å²) in [6.45, 7) is 13.7. The van der Waals surface area contributed by atoms with Crippen molar-refractivity contribution in [2.75, 3.05) is 4.90 Å². The number of rotatable bonds is 3. The van der Waals surface area contributed by atoms with E-state index in [2.05, 4.69) is 198 Å². The summed E-state index contributed by atoms with van der Waals surface area (Å²) in [5, 5.41) is 10.3. The maximum absolute atomic E-state index is 2.40. The molecule has 2 aliphatic carbocycles. The lowest BCUT2D eigenvalue weighted by molar-refractivity contribution is 0.591. The van der Waals surface area contributed by atoms with E-state index in [4.69, 9.17) is 0 Å². The van der Waals surface area contributed by atoms with Gasteiger partial charge in [0.15, 0.2) is 0 Å². The number of hydrogen-bond acceptors (Lipinski definition) is 1. The minimum Gasteiger partial charge on any atom is -0.310 e. The van der Waals surface area contributed by atoms with Gasteiger partial charge in [-0.1, -0.05) is 108 Å². The zero-order chi connectivity index (χ0) is 37.4. The summed E-state index contributed by atoms with van der Waals surface area (Å²) in [6.07, 6.45) is 0. The van der Waals surface area contributed by atoms with Crippen molar-refractivity contribution in [2.45, 2.75) is 52.4 Å². The molecule has 0 saturated carbocycles. The first-order chi connectivity index (χ1) is 26.5. The number of benzene rings is 9. The Kier molecular flexibility index (Phi) is 6.56. The maximum atomic E-state index is 2.40. The monoisotopic (exact) mass is 705 g/mol. The van der Waals surface area contributed by atoms with Crippen molar-refractivity contribution < 1.29 is 0 Å². The van der Waals surface area contributed by atoms with Crippen LogP contribution in [0.25, 0.3) is 87.6 Å². The normalized spacial score (nSPS) is 12.9. The van der Waals surface area contributed by atoms with Gasteiger partial charge in [0.05, 0.1) is 0 Å². The van der Waals surface area contributed by atoms with Gasteiger partial charge in [-0.05, 0) is 194 Å². The molecular weight excluding hydrogens is 663 g/mol. The number of para-hydroxylation sites is 1. The van der Waals surface area contributed by atoms with E-state index in [9.17, 15) is 0 Å². The van der Waals surface area contributed by atoms with Crippen molar-refractivity contribution in [1.82, 2.24) is 0 Å². The third kappa shape index (κ3) is 4.99. The molecule has 0 heterocycles. The van der Waals surface area contributed by atoms with E-state index < -0.39 is 0 Å². The summed E-state index contributed by atoms with van der Waals surface area (Å²) >= 11 is 0. The third-order valence-electron chi connectivity index (χ3n) is 12.3. The van der Waals surface area contributed by atoms with Crippen LogP contribution in [0.1, 0.15) is 52.7 Å². The molecule has 0 N–H and O–H groups in total. The number of anilines is 3. The molecule has 2 aliphatic rings. The van der Waals surface area contributed by atoms with Crippen LogP contribution >= 0.6 is 0 Å². The lowest BCUT2D eigenvalue weighted by atomic mass is 9.77. The molecule has 0 bridgehead atoms. The van der Waals surface area contributed by atoms with Crippen LogP contribution in [-0.4, -0.2) is 0 Å². The van der Waals surface area contributed by atoms with Gasteiger partial charge in [-0.2, -0.15) is 0 Å². The summed E-state index contributed by atoms with van der Waals surface area (Å²) in [5.41, 5.74) is 17.3. The van der Waals surface area contributed by atoms with Gasteiger partial charge in [0.2, 0.25) is 0 Å². The Morgan fingerprint density at radius 3 is 0.927 bits per heavy atom. The fourth-order valence-corrected chi connectivity index (χ4v) is 9.06. The van der Waals surface area contributed by atoms with Crippen LogP contribution in [0.2, 0.25) is 0 Å². The molecule has 0 spiro atoms. The first kappa shape index (κ1) is 32.3. The van der Waals surface area contributed by atoms with Gasteiger partial charge >= 0.3 is 0 Å². The largest absolute Gasteiger partial charge is 0.310 e. The fraction of sp³-hybridized carbons (Fsp3) is 0.148. The highest BCUT2D eigenvalue weighted by molar-refractivity contribution is 6.14. The number of fused-ring (bicyclic) bond motifs is 12. The zero-order valence-corrected chi connectivity index (χ0v) is 32.4. The topological polar surface area (TPSA) is 3.24 Å². The van der Waals surface area contributed by atoms with Gasteiger partial charge < -0.3 is 4.90 Å². The molecule has 11 rings (SSSR count). The lowest BCUT2D eigenvalue weighted by Gasteiger charge is -2.29. The minimum atomic E-state index is 0.128. The average Bonchev–Trinajstić information content (AvgIpc) is 3.17. The molecule has 9 aromatic carbocycles. The van der Waals surface area contributed by atoms with Crippen molar-refractivity contribution in [2.24, 2.45) is 0 Å². The zero-order valence-electron chi connectivity index (χ0n) is 32.4. The SMILES string of the molecule is CC(C)(C)c1ccc2cc3c(cc2c1)-c1cc2ccc(N(c4ccccc4)c4ccc5cc6c(cc5c4)-c4cc5ccc(C(C)(C)C)cc5cc4-6)cc2cc1-3. The third-order valence-corrected chi connectivity index (χ3v) is 12.3. The lowest BCUT2D eigenvalue weighted by Crippen LogP contribution is -2.10. The van der Waals surface area contributed by atoms with Gasteiger partial charge in [0.25, 0.3) is 0 Å². The molecule has 0 amide bonds. The highest BCUT2D eigenvalue weighted by Crippen LogP contribution is 2.53. The second-order valence-electron chi connectivity index (χ2n) is 17.9. The highest BCUT2D eigenvalue weighted by Gasteiger charge is 2.27. The first-order valence-corrected chi connectivity index (χ1v) is 19.7. The van der Waals surface area contributed by atoms with Crippen molar-refractivity contribution in [3.63, 3.8) is 0 Å². The average molecular weight is 706 g/mol. The Balaban J connectivity index is 0.980. The van der Waals surface area contributed by atoms with Crippen LogP contribution in [0.3, 0.4) is 0 Å². The van der Waals surface area contributed by atoms with Crippen LogP contribution in [0.4, 0.5) is 17.1 Å². The molecule has 0 radical (unpaired) electrons. The van der Waals surface area contributed by atoms with Crippen molar-refractivity contribution in [3.05, 3.63) is 163 Å². The van der Waals surface area contributed by atoms with E-state index >= 15 is 0 Å². The summed E-state index contributed by atoms with van der Waals surface area (Å²) in [5.74, 6) is 0. The summed E-state index contributed by atoms with van der Waals surface area (Å²) in [4.78, 5) is 2.40. The Bertz CT molecular complexity index is 2900. The summed E-state index contributed by atoms with van der Waals surface area (Å²) < 4.78 is 0. The van der Waals surface area contributed by atoms with Crippen LogP contribution in [0, 0.1) is 0 Å². The van der Waals surface area contributed by atoms with E-state index in [0.29, 0.717) is 0 Å². The molecule has 0 saturated heterocycles. The quantitative estimate of drug-likeness (QED) is 0.177. The molecule has 0 unspecified atom stereocenters. The maximum Gasteiger partial charge on any atom is 0.0468 e. The smallest absolute Gasteiger partial charge is 0.0468 e. The van der Waals surface area contributed by atoms with Crippen molar-refractivity contribution in [3.8, 4) is 44.5 Å². The summed E-state index contributed by atoms with van der Waals surface area (Å²) in [6, 6.07) is 57.8. The Morgan fingerprint density at radius 1 is 0.273 bits per heavy atom. The second kappa shape index (κ2) is 11.2. The van der Waals surface area contributed by atoms with E-state index in [0.717, 1.165) is 17.1 Å². The molecule has 0 aromatic heterocycles. The van der Waals surface area contributed by atoms with Gasteiger partial charge in [-0.25, -0.2) is 0 Å². The first-order valence-electron chi connectivity index (χ1n) is 19.7.